The summed E-state index contributed by atoms with van der Waals surface area (Å²) in [5.41, 5.74) is 0.0270. The predicted molar refractivity (Wildman–Crippen MR) is 44.5 cm³/mol. The van der Waals surface area contributed by atoms with Crippen molar-refractivity contribution >= 4 is 29.2 Å². The summed E-state index contributed by atoms with van der Waals surface area (Å²) in [6, 6.07) is 4.30. The van der Waals surface area contributed by atoms with Crippen LogP contribution in [0.2, 0.25) is 10.0 Å². The summed E-state index contributed by atoms with van der Waals surface area (Å²) in [6.07, 6.45) is 0. The van der Waals surface area contributed by atoms with Gasteiger partial charge in [-0.1, -0.05) is 23.2 Å². The van der Waals surface area contributed by atoms with E-state index in [1.807, 2.05) is 0 Å². The molecule has 0 aliphatic heterocycles. The van der Waals surface area contributed by atoms with Crippen molar-refractivity contribution in [3.8, 4) is 0 Å². The Morgan fingerprint density at radius 3 is 2.42 bits per heavy atom. The molecule has 0 bridgehead atoms. The summed E-state index contributed by atoms with van der Waals surface area (Å²) >= 11 is 11.1. The molecule has 0 atom stereocenters. The van der Waals surface area contributed by atoms with E-state index in [4.69, 9.17) is 28.3 Å². The van der Waals surface area contributed by atoms with Gasteiger partial charge in [0, 0.05) is 5.02 Å². The molecule has 0 saturated carbocycles. The minimum atomic E-state index is -1.07. The first kappa shape index (κ1) is 12.9. The van der Waals surface area contributed by atoms with E-state index < -0.39 is 5.97 Å². The zero-order valence-corrected chi connectivity index (χ0v) is 11.0. The number of carboxylic acid groups (broad SMARTS) is 1. The summed E-state index contributed by atoms with van der Waals surface area (Å²) in [5, 5.41) is 9.11. The summed E-state index contributed by atoms with van der Waals surface area (Å²) in [6.45, 7) is 0. The molecule has 0 spiro atoms. The summed E-state index contributed by atoms with van der Waals surface area (Å²) in [5.74, 6) is -1.07. The average molecular weight is 231 g/mol. The Balaban J connectivity index is 0. The predicted octanol–water partition coefficient (Wildman–Crippen LogP) is -0.192. The average Bonchev–Trinajstić information content (AvgIpc) is 1.94. The first-order valence-electron chi connectivity index (χ1n) is 2.79. The van der Waals surface area contributed by atoms with Crippen molar-refractivity contribution in [2.24, 2.45) is 0 Å². The molecule has 0 amide bonds. The molecular formula is C7H5Cl2KO2. The Morgan fingerprint density at radius 1 is 1.42 bits per heavy atom. The van der Waals surface area contributed by atoms with E-state index in [2.05, 4.69) is 0 Å². The number of rotatable bonds is 1. The minimum absolute atomic E-state index is 0. The maximum Gasteiger partial charge on any atom is 1.00 e. The number of hydrogen-bond acceptors (Lipinski definition) is 1. The van der Waals surface area contributed by atoms with E-state index in [0.29, 0.717) is 5.02 Å². The Kier molecular flexibility index (Phi) is 6.02. The molecule has 1 aromatic rings. The second-order valence-electron chi connectivity index (χ2n) is 1.93. The summed E-state index contributed by atoms with van der Waals surface area (Å²) in [4.78, 5) is 10.4. The number of halogens is 2. The number of carbonyl (C=O) groups is 1. The van der Waals surface area contributed by atoms with Gasteiger partial charge in [-0.2, -0.15) is 0 Å². The number of benzene rings is 1. The van der Waals surface area contributed by atoms with Gasteiger partial charge in [-0.3, -0.25) is 0 Å². The maximum atomic E-state index is 10.4. The van der Waals surface area contributed by atoms with Gasteiger partial charge in [0.1, 0.15) is 0 Å². The Bertz CT molecular complexity index is 307. The fourth-order valence-corrected chi connectivity index (χ4v) is 1.03. The largest absolute Gasteiger partial charge is 1.00 e. The van der Waals surface area contributed by atoms with Crippen molar-refractivity contribution in [3.63, 3.8) is 0 Å². The van der Waals surface area contributed by atoms with E-state index in [-0.39, 0.29) is 63.4 Å². The van der Waals surface area contributed by atoms with E-state index >= 15 is 0 Å². The van der Waals surface area contributed by atoms with Gasteiger partial charge in [0.05, 0.1) is 10.6 Å². The van der Waals surface area contributed by atoms with E-state index in [0.717, 1.165) is 0 Å². The Morgan fingerprint density at radius 2 is 2.00 bits per heavy atom. The Labute approximate surface area is 124 Å². The van der Waals surface area contributed by atoms with Crippen molar-refractivity contribution in [3.05, 3.63) is 33.8 Å². The van der Waals surface area contributed by atoms with Crippen molar-refractivity contribution in [1.29, 1.82) is 0 Å². The van der Waals surface area contributed by atoms with Crippen LogP contribution in [0.25, 0.3) is 0 Å². The third-order valence-corrected chi connectivity index (χ3v) is 1.72. The molecule has 0 aromatic heterocycles. The van der Waals surface area contributed by atoms with Crippen molar-refractivity contribution < 1.29 is 62.7 Å². The first-order valence-corrected chi connectivity index (χ1v) is 3.55. The van der Waals surface area contributed by atoms with Gasteiger partial charge in [-0.25, -0.2) is 4.79 Å². The molecule has 0 radical (unpaired) electrons. The van der Waals surface area contributed by atoms with Gasteiger partial charge < -0.3 is 6.53 Å². The molecule has 0 aliphatic rings. The Hall–Kier alpha value is 0.906. The van der Waals surface area contributed by atoms with Crippen LogP contribution in [-0.4, -0.2) is 11.1 Å². The molecule has 1 rings (SSSR count). The maximum absolute atomic E-state index is 10.4. The van der Waals surface area contributed by atoms with Gasteiger partial charge in [-0.05, 0) is 18.2 Å². The topological polar surface area (TPSA) is 37.3 Å². The zero-order chi connectivity index (χ0) is 8.43. The van der Waals surface area contributed by atoms with Crippen LogP contribution < -0.4 is 51.4 Å². The quantitative estimate of drug-likeness (QED) is 0.680. The fourth-order valence-electron chi connectivity index (χ4n) is 0.661. The third kappa shape index (κ3) is 3.34. The number of aromatic carboxylic acids is 1. The molecule has 5 heteroatoms. The monoisotopic (exact) mass is 230 g/mol. The zero-order valence-electron chi connectivity index (χ0n) is 7.34. The standard InChI is InChI=1S/C7H4Cl2O2.K.H/c8-4-1-2-6(9)5(3-4)7(10)11;;/h1-3H,(H,10,11);;/q;+1;-1. The van der Waals surface area contributed by atoms with Crippen LogP contribution >= 0.6 is 23.2 Å². The minimum Gasteiger partial charge on any atom is -1.00 e. The second kappa shape index (κ2) is 5.60. The summed E-state index contributed by atoms with van der Waals surface area (Å²) < 4.78 is 0. The van der Waals surface area contributed by atoms with E-state index in [1.165, 1.54) is 18.2 Å². The molecule has 1 aromatic carbocycles. The van der Waals surface area contributed by atoms with Crippen molar-refractivity contribution in [2.75, 3.05) is 0 Å². The van der Waals surface area contributed by atoms with Gasteiger partial charge in [0.15, 0.2) is 0 Å². The molecule has 2 nitrogen and oxygen atoms in total. The smallest absolute Gasteiger partial charge is 1.00 e. The second-order valence-corrected chi connectivity index (χ2v) is 2.77. The molecule has 0 heterocycles. The van der Waals surface area contributed by atoms with Crippen LogP contribution in [0.4, 0.5) is 0 Å². The van der Waals surface area contributed by atoms with Crippen LogP contribution in [0, 0.1) is 0 Å². The number of hydrogen-bond donors (Lipinski definition) is 1. The molecule has 0 fully saturated rings. The van der Waals surface area contributed by atoms with Crippen LogP contribution in [-0.2, 0) is 0 Å². The molecule has 0 unspecified atom stereocenters. The van der Waals surface area contributed by atoms with Crippen LogP contribution in [0.1, 0.15) is 11.8 Å². The van der Waals surface area contributed by atoms with Crippen molar-refractivity contribution in [2.45, 2.75) is 0 Å². The van der Waals surface area contributed by atoms with Crippen molar-refractivity contribution in [1.82, 2.24) is 0 Å². The molecule has 60 valence electrons. The molecule has 0 saturated heterocycles. The number of carboxylic acids is 1. The van der Waals surface area contributed by atoms with Gasteiger partial charge >= 0.3 is 57.4 Å². The SMILES string of the molecule is O=C(O)c1cc(Cl)ccc1Cl.[H-].[K+]. The fraction of sp³-hybridized carbons (Fsp3) is 0. The molecular weight excluding hydrogens is 226 g/mol. The molecule has 12 heavy (non-hydrogen) atoms. The first-order chi connectivity index (χ1) is 5.11. The van der Waals surface area contributed by atoms with Crippen LogP contribution in [0.5, 0.6) is 0 Å². The van der Waals surface area contributed by atoms with Crippen LogP contribution in [0.15, 0.2) is 18.2 Å². The van der Waals surface area contributed by atoms with E-state index in [1.54, 1.807) is 0 Å². The van der Waals surface area contributed by atoms with Crippen LogP contribution in [0.3, 0.4) is 0 Å². The van der Waals surface area contributed by atoms with Gasteiger partial charge in [0.25, 0.3) is 0 Å². The third-order valence-electron chi connectivity index (χ3n) is 1.16. The molecule has 1 N–H and O–H groups in total. The van der Waals surface area contributed by atoms with Gasteiger partial charge in [-0.15, -0.1) is 0 Å². The van der Waals surface area contributed by atoms with Gasteiger partial charge in [0.2, 0.25) is 0 Å². The summed E-state index contributed by atoms with van der Waals surface area (Å²) in [7, 11) is 0. The van der Waals surface area contributed by atoms with E-state index in [9.17, 15) is 4.79 Å². The normalized spacial score (nSPS) is 8.83. The molecule has 0 aliphatic carbocycles.